The lowest BCUT2D eigenvalue weighted by atomic mass is 9.86. The minimum atomic E-state index is 0.569. The Morgan fingerprint density at radius 1 is 1.42 bits per heavy atom. The van der Waals surface area contributed by atoms with Crippen molar-refractivity contribution >= 4 is 23.4 Å². The third-order valence-corrected chi connectivity index (χ3v) is 4.39. The van der Waals surface area contributed by atoms with E-state index in [0.717, 1.165) is 16.9 Å². The van der Waals surface area contributed by atoms with Crippen LogP contribution in [-0.2, 0) is 0 Å². The number of hydrogen-bond donors (Lipinski definition) is 2. The van der Waals surface area contributed by atoms with Gasteiger partial charge in [0.1, 0.15) is 11.6 Å². The maximum absolute atomic E-state index is 5.47. The maximum atomic E-state index is 5.47. The zero-order valence-electron chi connectivity index (χ0n) is 11.9. The SMILES string of the molecule is CSc1nc(NN)cc(N(C)C2CCCC(C)C2)n1. The Morgan fingerprint density at radius 3 is 2.84 bits per heavy atom. The second-order valence-electron chi connectivity index (χ2n) is 5.28. The average Bonchev–Trinajstić information content (AvgIpc) is 2.45. The van der Waals surface area contributed by atoms with E-state index in [-0.39, 0.29) is 0 Å². The van der Waals surface area contributed by atoms with Crippen LogP contribution in [0.1, 0.15) is 32.6 Å². The molecule has 0 amide bonds. The first-order valence-corrected chi connectivity index (χ1v) is 7.99. The lowest BCUT2D eigenvalue weighted by Gasteiger charge is -2.35. The van der Waals surface area contributed by atoms with Crippen molar-refractivity contribution in [1.29, 1.82) is 0 Å². The molecule has 6 heteroatoms. The summed E-state index contributed by atoms with van der Waals surface area (Å²) in [7, 11) is 2.12. The van der Waals surface area contributed by atoms with Gasteiger partial charge in [0, 0.05) is 19.2 Å². The highest BCUT2D eigenvalue weighted by Gasteiger charge is 2.23. The van der Waals surface area contributed by atoms with E-state index < -0.39 is 0 Å². The van der Waals surface area contributed by atoms with Crippen LogP contribution in [0.4, 0.5) is 11.6 Å². The van der Waals surface area contributed by atoms with E-state index in [2.05, 4.69) is 34.3 Å². The summed E-state index contributed by atoms with van der Waals surface area (Å²) in [4.78, 5) is 11.2. The van der Waals surface area contributed by atoms with E-state index in [1.165, 1.54) is 37.4 Å². The van der Waals surface area contributed by atoms with Crippen LogP contribution < -0.4 is 16.2 Å². The van der Waals surface area contributed by atoms with Crippen LogP contribution in [-0.4, -0.2) is 29.3 Å². The van der Waals surface area contributed by atoms with Gasteiger partial charge in [-0.05, 0) is 25.0 Å². The predicted molar refractivity (Wildman–Crippen MR) is 81.4 cm³/mol. The van der Waals surface area contributed by atoms with Crippen LogP contribution in [0.5, 0.6) is 0 Å². The van der Waals surface area contributed by atoms with Crippen molar-refractivity contribution in [3.63, 3.8) is 0 Å². The number of aromatic nitrogens is 2. The summed E-state index contributed by atoms with van der Waals surface area (Å²) in [5.41, 5.74) is 2.62. The Hall–Kier alpha value is -1.01. The average molecular weight is 281 g/mol. The molecule has 3 N–H and O–H groups in total. The number of nitrogens with zero attached hydrogens (tertiary/aromatic N) is 3. The number of thioether (sulfide) groups is 1. The molecule has 1 aliphatic carbocycles. The first kappa shape index (κ1) is 14.4. The van der Waals surface area contributed by atoms with E-state index in [4.69, 9.17) is 5.84 Å². The molecule has 2 unspecified atom stereocenters. The summed E-state index contributed by atoms with van der Waals surface area (Å²) in [6.45, 7) is 2.33. The van der Waals surface area contributed by atoms with E-state index in [1.54, 1.807) is 0 Å². The summed E-state index contributed by atoms with van der Waals surface area (Å²) < 4.78 is 0. The van der Waals surface area contributed by atoms with Crippen molar-refractivity contribution in [2.75, 3.05) is 23.6 Å². The molecule has 5 nitrogen and oxygen atoms in total. The molecule has 1 fully saturated rings. The first-order valence-electron chi connectivity index (χ1n) is 6.76. The van der Waals surface area contributed by atoms with E-state index >= 15 is 0 Å². The van der Waals surface area contributed by atoms with E-state index in [9.17, 15) is 0 Å². The van der Waals surface area contributed by atoms with Crippen molar-refractivity contribution in [2.45, 2.75) is 43.8 Å². The largest absolute Gasteiger partial charge is 0.356 e. The molecule has 0 spiro atoms. The van der Waals surface area contributed by atoms with Gasteiger partial charge in [-0.25, -0.2) is 15.8 Å². The second kappa shape index (κ2) is 6.43. The Morgan fingerprint density at radius 2 is 2.21 bits per heavy atom. The van der Waals surface area contributed by atoms with Crippen LogP contribution in [0.2, 0.25) is 0 Å². The maximum Gasteiger partial charge on any atom is 0.191 e. The fraction of sp³-hybridized carbons (Fsp3) is 0.692. The molecule has 0 aromatic carbocycles. The van der Waals surface area contributed by atoms with Crippen LogP contribution in [0.15, 0.2) is 11.2 Å². The highest BCUT2D eigenvalue weighted by atomic mass is 32.2. The molecule has 2 atom stereocenters. The van der Waals surface area contributed by atoms with Crippen molar-refractivity contribution in [1.82, 2.24) is 9.97 Å². The number of rotatable bonds is 4. The minimum Gasteiger partial charge on any atom is -0.356 e. The van der Waals surface area contributed by atoms with Gasteiger partial charge in [0.15, 0.2) is 5.16 Å². The fourth-order valence-corrected chi connectivity index (χ4v) is 3.07. The van der Waals surface area contributed by atoms with Crippen LogP contribution in [0, 0.1) is 5.92 Å². The van der Waals surface area contributed by atoms with Gasteiger partial charge in [0.05, 0.1) is 0 Å². The number of nitrogen functional groups attached to an aromatic ring is 1. The third kappa shape index (κ3) is 3.51. The molecule has 0 saturated heterocycles. The lowest BCUT2D eigenvalue weighted by molar-refractivity contribution is 0.335. The van der Waals surface area contributed by atoms with Gasteiger partial charge in [-0.3, -0.25) is 0 Å². The van der Waals surface area contributed by atoms with Crippen molar-refractivity contribution < 1.29 is 0 Å². The topological polar surface area (TPSA) is 67.1 Å². The van der Waals surface area contributed by atoms with Crippen molar-refractivity contribution in [3.05, 3.63) is 6.07 Å². The predicted octanol–water partition coefficient (Wildman–Crippen LogP) is 2.50. The van der Waals surface area contributed by atoms with Crippen LogP contribution in [0.25, 0.3) is 0 Å². The van der Waals surface area contributed by atoms with Gasteiger partial charge in [-0.15, -0.1) is 0 Å². The zero-order valence-corrected chi connectivity index (χ0v) is 12.7. The number of anilines is 2. The lowest BCUT2D eigenvalue weighted by Crippen LogP contribution is -2.36. The summed E-state index contributed by atoms with van der Waals surface area (Å²) in [5.74, 6) is 7.90. The molecule has 19 heavy (non-hydrogen) atoms. The molecule has 1 aromatic heterocycles. The Kier molecular flexibility index (Phi) is 4.87. The van der Waals surface area contributed by atoms with Gasteiger partial charge in [0.25, 0.3) is 0 Å². The number of nitrogens with one attached hydrogen (secondary N) is 1. The molecule has 0 radical (unpaired) electrons. The summed E-state index contributed by atoms with van der Waals surface area (Å²) in [5, 5.41) is 0.751. The number of nitrogens with two attached hydrogens (primary N) is 1. The Balaban J connectivity index is 2.19. The van der Waals surface area contributed by atoms with Crippen molar-refractivity contribution in [2.24, 2.45) is 11.8 Å². The standard InChI is InChI=1S/C13H23N5S/c1-9-5-4-6-10(7-9)18(2)12-8-11(17-14)15-13(16-12)19-3/h8-10H,4-7,14H2,1-3H3,(H,15,16,17). The summed E-state index contributed by atoms with van der Waals surface area (Å²) in [6.07, 6.45) is 7.10. The smallest absolute Gasteiger partial charge is 0.191 e. The van der Waals surface area contributed by atoms with Crippen LogP contribution in [0.3, 0.4) is 0 Å². The molecule has 1 saturated carbocycles. The molecule has 0 bridgehead atoms. The van der Waals surface area contributed by atoms with Gasteiger partial charge in [-0.2, -0.15) is 0 Å². The molecule has 0 aliphatic heterocycles. The van der Waals surface area contributed by atoms with Gasteiger partial charge < -0.3 is 10.3 Å². The highest BCUT2D eigenvalue weighted by Crippen LogP contribution is 2.30. The molecule has 106 valence electrons. The highest BCUT2D eigenvalue weighted by molar-refractivity contribution is 7.98. The zero-order chi connectivity index (χ0) is 13.8. The normalized spacial score (nSPS) is 23.2. The van der Waals surface area contributed by atoms with E-state index in [0.29, 0.717) is 11.9 Å². The van der Waals surface area contributed by atoms with Gasteiger partial charge in [-0.1, -0.05) is 31.5 Å². The fourth-order valence-electron chi connectivity index (χ4n) is 2.70. The second-order valence-corrected chi connectivity index (χ2v) is 6.05. The molecule has 1 aliphatic rings. The number of hydrogen-bond acceptors (Lipinski definition) is 6. The van der Waals surface area contributed by atoms with Gasteiger partial charge in [0.2, 0.25) is 0 Å². The van der Waals surface area contributed by atoms with E-state index in [1.807, 2.05) is 12.3 Å². The third-order valence-electron chi connectivity index (χ3n) is 3.84. The van der Waals surface area contributed by atoms with Gasteiger partial charge >= 0.3 is 0 Å². The first-order chi connectivity index (χ1) is 9.13. The summed E-state index contributed by atoms with van der Waals surface area (Å²) >= 11 is 1.53. The van der Waals surface area contributed by atoms with Crippen LogP contribution >= 0.6 is 11.8 Å². The monoisotopic (exact) mass is 281 g/mol. The molecule has 1 aromatic rings. The minimum absolute atomic E-state index is 0.569. The molecule has 2 rings (SSSR count). The summed E-state index contributed by atoms with van der Waals surface area (Å²) in [6, 6.07) is 2.48. The molecular formula is C13H23N5S. The molecular weight excluding hydrogens is 258 g/mol. The Bertz CT molecular complexity index is 403. The molecule has 1 heterocycles. The number of hydrazine groups is 1. The van der Waals surface area contributed by atoms with Crippen molar-refractivity contribution in [3.8, 4) is 0 Å². The Labute approximate surface area is 119 Å². The quantitative estimate of drug-likeness (QED) is 0.382.